The van der Waals surface area contributed by atoms with E-state index in [-0.39, 0.29) is 12.4 Å². The smallest absolute Gasteiger partial charge is 0.214 e. The molecular weight excluding hydrogens is 315 g/mol. The Morgan fingerprint density at radius 3 is 2.70 bits per heavy atom. The summed E-state index contributed by atoms with van der Waals surface area (Å²) in [6.45, 7) is 0.728. The van der Waals surface area contributed by atoms with Crippen molar-refractivity contribution in [3.05, 3.63) is 36.3 Å². The summed E-state index contributed by atoms with van der Waals surface area (Å²) >= 11 is 1.52. The third-order valence-electron chi connectivity index (χ3n) is 4.27. The van der Waals surface area contributed by atoms with Crippen LogP contribution in [0.25, 0.3) is 16.2 Å². The number of rotatable bonds is 5. The van der Waals surface area contributed by atoms with Crippen LogP contribution in [0.3, 0.4) is 0 Å². The van der Waals surface area contributed by atoms with Gasteiger partial charge in [-0.1, -0.05) is 11.3 Å². The SMILES string of the molecule is OCCN(c1nn2cc(-c3ccc(F)cc3)nc2s1)C1CCC1. The van der Waals surface area contributed by atoms with E-state index in [1.165, 1.54) is 29.9 Å². The summed E-state index contributed by atoms with van der Waals surface area (Å²) in [6.07, 6.45) is 5.41. The average Bonchev–Trinajstić information content (AvgIpc) is 3.04. The molecule has 2 aromatic heterocycles. The maximum atomic E-state index is 13.0. The molecule has 0 saturated heterocycles. The van der Waals surface area contributed by atoms with Crippen LogP contribution in [0.4, 0.5) is 9.52 Å². The van der Waals surface area contributed by atoms with Crippen molar-refractivity contribution in [1.29, 1.82) is 0 Å². The van der Waals surface area contributed by atoms with Crippen LogP contribution in [-0.4, -0.2) is 38.9 Å². The molecule has 0 unspecified atom stereocenters. The number of imidazole rings is 1. The molecular formula is C16H17FN4OS. The summed E-state index contributed by atoms with van der Waals surface area (Å²) in [5.74, 6) is -0.254. The number of aliphatic hydroxyl groups excluding tert-OH is 1. The highest BCUT2D eigenvalue weighted by molar-refractivity contribution is 7.20. The Morgan fingerprint density at radius 2 is 2.09 bits per heavy atom. The van der Waals surface area contributed by atoms with Crippen LogP contribution in [0.2, 0.25) is 0 Å². The zero-order valence-electron chi connectivity index (χ0n) is 12.5. The van der Waals surface area contributed by atoms with Gasteiger partial charge in [0.25, 0.3) is 0 Å². The Labute approximate surface area is 137 Å². The minimum absolute atomic E-state index is 0.124. The first-order valence-electron chi connectivity index (χ1n) is 7.74. The van der Waals surface area contributed by atoms with Crippen molar-refractivity contribution in [2.45, 2.75) is 25.3 Å². The van der Waals surface area contributed by atoms with Crippen LogP contribution in [-0.2, 0) is 0 Å². The van der Waals surface area contributed by atoms with Gasteiger partial charge in [0.15, 0.2) is 0 Å². The summed E-state index contributed by atoms with van der Waals surface area (Å²) in [5.41, 5.74) is 1.66. The fourth-order valence-electron chi connectivity index (χ4n) is 2.81. The number of nitrogens with zero attached hydrogens (tertiary/aromatic N) is 4. The lowest BCUT2D eigenvalue weighted by atomic mass is 9.92. The van der Waals surface area contributed by atoms with Gasteiger partial charge in [-0.25, -0.2) is 13.9 Å². The van der Waals surface area contributed by atoms with Gasteiger partial charge >= 0.3 is 0 Å². The second kappa shape index (κ2) is 5.90. The van der Waals surface area contributed by atoms with Crippen molar-refractivity contribution in [1.82, 2.24) is 14.6 Å². The van der Waals surface area contributed by atoms with Crippen molar-refractivity contribution in [3.8, 4) is 11.3 Å². The minimum Gasteiger partial charge on any atom is -0.395 e. The number of anilines is 1. The van der Waals surface area contributed by atoms with E-state index in [0.29, 0.717) is 12.6 Å². The summed E-state index contributed by atoms with van der Waals surface area (Å²) in [7, 11) is 0. The van der Waals surface area contributed by atoms with Gasteiger partial charge < -0.3 is 10.0 Å². The molecule has 1 aliphatic carbocycles. The van der Waals surface area contributed by atoms with Gasteiger partial charge in [-0.05, 0) is 43.5 Å². The molecule has 2 heterocycles. The highest BCUT2D eigenvalue weighted by atomic mass is 32.1. The molecule has 5 nitrogen and oxygen atoms in total. The fraction of sp³-hybridized carbons (Fsp3) is 0.375. The Balaban J connectivity index is 1.64. The van der Waals surface area contributed by atoms with Crippen LogP contribution in [0.5, 0.6) is 0 Å². The van der Waals surface area contributed by atoms with Crippen molar-refractivity contribution in [2.75, 3.05) is 18.1 Å². The molecule has 1 aliphatic rings. The molecule has 1 fully saturated rings. The topological polar surface area (TPSA) is 53.7 Å². The van der Waals surface area contributed by atoms with E-state index >= 15 is 0 Å². The average molecular weight is 332 g/mol. The zero-order chi connectivity index (χ0) is 15.8. The first-order chi connectivity index (χ1) is 11.2. The minimum atomic E-state index is -0.254. The number of benzene rings is 1. The Morgan fingerprint density at radius 1 is 1.30 bits per heavy atom. The number of fused-ring (bicyclic) bond motifs is 1. The standard InChI is InChI=1S/C16H17FN4OS/c17-12-6-4-11(5-7-12)14-10-21-15(18-14)23-16(19-21)20(8-9-22)13-2-1-3-13/h4-7,10,13,22H,1-3,8-9H2. The third kappa shape index (κ3) is 2.70. The molecule has 1 N–H and O–H groups in total. The van der Waals surface area contributed by atoms with Gasteiger partial charge in [0.2, 0.25) is 10.1 Å². The predicted octanol–water partition coefficient (Wildman–Crippen LogP) is 2.95. The first-order valence-corrected chi connectivity index (χ1v) is 8.56. The molecule has 1 aromatic carbocycles. The van der Waals surface area contributed by atoms with Gasteiger partial charge in [-0.15, -0.1) is 5.10 Å². The first kappa shape index (κ1) is 14.6. The van der Waals surface area contributed by atoms with Gasteiger partial charge in [-0.3, -0.25) is 0 Å². The molecule has 0 amide bonds. The summed E-state index contributed by atoms with van der Waals surface area (Å²) < 4.78 is 14.8. The molecule has 0 spiro atoms. The molecule has 4 rings (SSSR count). The van der Waals surface area contributed by atoms with Gasteiger partial charge in [0.05, 0.1) is 18.5 Å². The molecule has 3 aromatic rings. The lowest BCUT2D eigenvalue weighted by molar-refractivity contribution is 0.283. The number of hydrogen-bond donors (Lipinski definition) is 1. The van der Waals surface area contributed by atoms with Gasteiger partial charge in [-0.2, -0.15) is 0 Å². The van der Waals surface area contributed by atoms with E-state index in [2.05, 4.69) is 15.0 Å². The monoisotopic (exact) mass is 332 g/mol. The maximum Gasteiger partial charge on any atom is 0.214 e. The Bertz CT molecular complexity index is 778. The van der Waals surface area contributed by atoms with Crippen molar-refractivity contribution < 1.29 is 9.50 Å². The van der Waals surface area contributed by atoms with Crippen LogP contribution in [0.1, 0.15) is 19.3 Å². The van der Waals surface area contributed by atoms with E-state index in [1.54, 1.807) is 16.6 Å². The molecule has 23 heavy (non-hydrogen) atoms. The van der Waals surface area contributed by atoms with E-state index < -0.39 is 0 Å². The van der Waals surface area contributed by atoms with E-state index in [1.807, 2.05) is 6.20 Å². The van der Waals surface area contributed by atoms with Crippen LogP contribution in [0.15, 0.2) is 30.5 Å². The van der Waals surface area contributed by atoms with Crippen LogP contribution < -0.4 is 4.90 Å². The highest BCUT2D eigenvalue weighted by Gasteiger charge is 2.27. The predicted molar refractivity (Wildman–Crippen MR) is 88.3 cm³/mol. The normalized spacial score (nSPS) is 15.0. The quantitative estimate of drug-likeness (QED) is 0.780. The van der Waals surface area contributed by atoms with E-state index in [0.717, 1.165) is 34.2 Å². The Kier molecular flexibility index (Phi) is 3.74. The van der Waals surface area contributed by atoms with Gasteiger partial charge in [0.1, 0.15) is 5.82 Å². The number of aromatic nitrogens is 3. The van der Waals surface area contributed by atoms with Crippen molar-refractivity contribution in [3.63, 3.8) is 0 Å². The summed E-state index contributed by atoms with van der Waals surface area (Å²) in [5, 5.41) is 14.8. The number of aliphatic hydroxyl groups is 1. The number of halogens is 1. The van der Waals surface area contributed by atoms with E-state index in [9.17, 15) is 9.50 Å². The van der Waals surface area contributed by atoms with Crippen LogP contribution >= 0.6 is 11.3 Å². The molecule has 0 radical (unpaired) electrons. The third-order valence-corrected chi connectivity index (χ3v) is 5.23. The molecule has 120 valence electrons. The molecule has 0 bridgehead atoms. The molecule has 0 aliphatic heterocycles. The Hall–Kier alpha value is -1.99. The summed E-state index contributed by atoms with van der Waals surface area (Å²) in [4.78, 5) is 7.57. The lowest BCUT2D eigenvalue weighted by Crippen LogP contribution is -2.42. The zero-order valence-corrected chi connectivity index (χ0v) is 13.3. The van der Waals surface area contributed by atoms with E-state index in [4.69, 9.17) is 0 Å². The van der Waals surface area contributed by atoms with Crippen LogP contribution in [0, 0.1) is 5.82 Å². The lowest BCUT2D eigenvalue weighted by Gasteiger charge is -2.36. The highest BCUT2D eigenvalue weighted by Crippen LogP contribution is 2.33. The summed E-state index contributed by atoms with van der Waals surface area (Å²) in [6, 6.07) is 6.78. The number of hydrogen-bond acceptors (Lipinski definition) is 5. The van der Waals surface area contributed by atoms with Crippen molar-refractivity contribution in [2.24, 2.45) is 0 Å². The molecule has 0 atom stereocenters. The second-order valence-corrected chi connectivity index (χ2v) is 6.68. The molecule has 7 heteroatoms. The second-order valence-electron chi connectivity index (χ2n) is 5.75. The largest absolute Gasteiger partial charge is 0.395 e. The van der Waals surface area contributed by atoms with Crippen molar-refractivity contribution >= 4 is 21.4 Å². The van der Waals surface area contributed by atoms with Gasteiger partial charge in [0, 0.05) is 18.2 Å². The maximum absolute atomic E-state index is 13.0. The fourth-order valence-corrected chi connectivity index (χ4v) is 3.79. The molecule has 1 saturated carbocycles.